The molecule has 0 spiro atoms. The molecule has 0 aromatic carbocycles. The third-order valence-electron chi connectivity index (χ3n) is 4.61. The van der Waals surface area contributed by atoms with Gasteiger partial charge in [0.1, 0.15) is 15.8 Å². The highest BCUT2D eigenvalue weighted by atomic mass is 32.2. The maximum atomic E-state index is 12.8. The molecule has 2 fully saturated rings. The molecule has 1 saturated heterocycles. The SMILES string of the molecule is O=C1/C(=C/c2ccc(-c3cccnc3)o2)SC(=S)N1C1CCCCC1. The maximum Gasteiger partial charge on any atom is 0.266 e. The van der Waals surface area contributed by atoms with Crippen LogP contribution < -0.4 is 0 Å². The Balaban J connectivity index is 1.55. The minimum atomic E-state index is 0.0150. The molecule has 0 bridgehead atoms. The van der Waals surface area contributed by atoms with Crippen molar-refractivity contribution in [2.45, 2.75) is 38.1 Å². The number of thiocarbonyl (C=S) groups is 1. The average Bonchev–Trinajstić information content (AvgIpc) is 3.22. The number of rotatable bonds is 3. The average molecular weight is 370 g/mol. The van der Waals surface area contributed by atoms with E-state index in [0.717, 1.165) is 24.2 Å². The smallest absolute Gasteiger partial charge is 0.266 e. The van der Waals surface area contributed by atoms with E-state index in [1.54, 1.807) is 18.5 Å². The first-order valence-corrected chi connectivity index (χ1v) is 9.72. The van der Waals surface area contributed by atoms with Gasteiger partial charge in [-0.1, -0.05) is 43.2 Å². The van der Waals surface area contributed by atoms with Crippen LogP contribution in [-0.4, -0.2) is 26.2 Å². The van der Waals surface area contributed by atoms with Crippen LogP contribution in [-0.2, 0) is 4.79 Å². The number of aromatic nitrogens is 1. The van der Waals surface area contributed by atoms with Crippen LogP contribution in [0.1, 0.15) is 37.9 Å². The largest absolute Gasteiger partial charge is 0.457 e. The molecule has 2 aromatic rings. The fraction of sp³-hybridized carbons (Fsp3) is 0.316. The Morgan fingerprint density at radius 1 is 1.24 bits per heavy atom. The van der Waals surface area contributed by atoms with Crippen molar-refractivity contribution in [2.75, 3.05) is 0 Å². The Morgan fingerprint density at radius 3 is 2.84 bits per heavy atom. The van der Waals surface area contributed by atoms with Gasteiger partial charge in [-0.15, -0.1) is 0 Å². The first-order valence-electron chi connectivity index (χ1n) is 8.50. The highest BCUT2D eigenvalue weighted by Crippen LogP contribution is 2.37. The van der Waals surface area contributed by atoms with Crippen LogP contribution in [0.2, 0.25) is 0 Å². The quantitative estimate of drug-likeness (QED) is 0.569. The zero-order chi connectivity index (χ0) is 17.2. The molecular weight excluding hydrogens is 352 g/mol. The number of hydrogen-bond donors (Lipinski definition) is 0. The molecule has 1 amide bonds. The van der Waals surface area contributed by atoms with E-state index >= 15 is 0 Å². The molecule has 0 N–H and O–H groups in total. The number of carbonyl (C=O) groups is 1. The van der Waals surface area contributed by atoms with Crippen LogP contribution in [0.3, 0.4) is 0 Å². The fourth-order valence-electron chi connectivity index (χ4n) is 3.36. The van der Waals surface area contributed by atoms with Crippen LogP contribution in [0.25, 0.3) is 17.4 Å². The number of nitrogens with zero attached hydrogens (tertiary/aromatic N) is 2. The van der Waals surface area contributed by atoms with Crippen molar-refractivity contribution in [3.63, 3.8) is 0 Å². The minimum absolute atomic E-state index is 0.0150. The van der Waals surface area contributed by atoms with Crippen LogP contribution >= 0.6 is 24.0 Å². The van der Waals surface area contributed by atoms with E-state index in [4.69, 9.17) is 16.6 Å². The molecule has 128 valence electrons. The number of carbonyl (C=O) groups excluding carboxylic acids is 1. The lowest BCUT2D eigenvalue weighted by Gasteiger charge is -2.29. The Morgan fingerprint density at radius 2 is 2.08 bits per heavy atom. The van der Waals surface area contributed by atoms with Gasteiger partial charge in [0.2, 0.25) is 0 Å². The molecular formula is C19H18N2O2S2. The van der Waals surface area contributed by atoms with Gasteiger partial charge in [-0.25, -0.2) is 0 Å². The molecule has 4 nitrogen and oxygen atoms in total. The predicted molar refractivity (Wildman–Crippen MR) is 104 cm³/mol. The molecule has 1 aliphatic carbocycles. The van der Waals surface area contributed by atoms with E-state index in [0.29, 0.717) is 15.0 Å². The first kappa shape index (κ1) is 16.5. The fourth-order valence-corrected chi connectivity index (χ4v) is 4.74. The third-order valence-corrected chi connectivity index (χ3v) is 5.94. The van der Waals surface area contributed by atoms with Crippen LogP contribution in [0.15, 0.2) is 46.0 Å². The number of amides is 1. The molecule has 2 aromatic heterocycles. The van der Waals surface area contributed by atoms with Crippen LogP contribution in [0, 0.1) is 0 Å². The Labute approximate surface area is 156 Å². The van der Waals surface area contributed by atoms with Gasteiger partial charge in [-0.05, 0) is 37.1 Å². The monoisotopic (exact) mass is 370 g/mol. The van der Waals surface area contributed by atoms with Crippen LogP contribution in [0.5, 0.6) is 0 Å². The summed E-state index contributed by atoms with van der Waals surface area (Å²) < 4.78 is 6.52. The molecule has 1 aliphatic heterocycles. The lowest BCUT2D eigenvalue weighted by Crippen LogP contribution is -2.39. The number of furan rings is 1. The molecule has 1 saturated carbocycles. The molecule has 3 heterocycles. The number of hydrogen-bond acceptors (Lipinski definition) is 5. The van der Waals surface area contributed by atoms with Crippen LogP contribution in [0.4, 0.5) is 0 Å². The van der Waals surface area contributed by atoms with Crippen molar-refractivity contribution < 1.29 is 9.21 Å². The third kappa shape index (κ3) is 3.41. The van der Waals surface area contributed by atoms with E-state index in [2.05, 4.69) is 4.98 Å². The normalized spacial score (nSPS) is 20.6. The van der Waals surface area contributed by atoms with E-state index in [-0.39, 0.29) is 11.9 Å². The summed E-state index contributed by atoms with van der Waals surface area (Å²) in [6, 6.07) is 7.83. The number of pyridine rings is 1. The Bertz CT molecular complexity index is 823. The summed E-state index contributed by atoms with van der Waals surface area (Å²) in [5.41, 5.74) is 0.914. The van der Waals surface area contributed by atoms with Gasteiger partial charge >= 0.3 is 0 Å². The van der Waals surface area contributed by atoms with Gasteiger partial charge in [-0.2, -0.15) is 0 Å². The van der Waals surface area contributed by atoms with E-state index in [1.807, 2.05) is 29.2 Å². The highest BCUT2D eigenvalue weighted by molar-refractivity contribution is 8.26. The summed E-state index contributed by atoms with van der Waals surface area (Å²) in [5, 5.41) is 0. The summed E-state index contributed by atoms with van der Waals surface area (Å²) in [7, 11) is 0. The summed E-state index contributed by atoms with van der Waals surface area (Å²) in [4.78, 5) is 19.4. The first-order chi connectivity index (χ1) is 12.2. The highest BCUT2D eigenvalue weighted by Gasteiger charge is 2.37. The second kappa shape index (κ2) is 7.14. The van der Waals surface area contributed by atoms with E-state index < -0.39 is 0 Å². The van der Waals surface area contributed by atoms with Crippen molar-refractivity contribution in [2.24, 2.45) is 0 Å². The minimum Gasteiger partial charge on any atom is -0.457 e. The van der Waals surface area contributed by atoms with Crippen molar-refractivity contribution in [3.8, 4) is 11.3 Å². The number of thioether (sulfide) groups is 1. The standard InChI is InChI=1S/C19H18N2O2S2/c22-18-17(25-19(24)21(18)14-6-2-1-3-7-14)11-15-8-9-16(23-15)13-5-4-10-20-12-13/h4-5,8-12,14H,1-3,6-7H2/b17-11-. The maximum absolute atomic E-state index is 12.8. The summed E-state index contributed by atoms with van der Waals surface area (Å²) >= 11 is 6.83. The van der Waals surface area contributed by atoms with Gasteiger partial charge in [0.25, 0.3) is 5.91 Å². The van der Waals surface area contributed by atoms with E-state index in [1.165, 1.54) is 31.0 Å². The summed E-state index contributed by atoms with van der Waals surface area (Å²) in [5.74, 6) is 1.41. The molecule has 0 unspecified atom stereocenters. The van der Waals surface area contributed by atoms with Crippen molar-refractivity contribution in [1.82, 2.24) is 9.88 Å². The second-order valence-corrected chi connectivity index (χ2v) is 7.96. The lowest BCUT2D eigenvalue weighted by atomic mass is 9.94. The molecule has 0 radical (unpaired) electrons. The zero-order valence-corrected chi connectivity index (χ0v) is 15.3. The summed E-state index contributed by atoms with van der Waals surface area (Å²) in [6.45, 7) is 0. The topological polar surface area (TPSA) is 46.3 Å². The molecule has 0 atom stereocenters. The van der Waals surface area contributed by atoms with Gasteiger partial charge in [-0.3, -0.25) is 14.7 Å². The molecule has 2 aliphatic rings. The lowest BCUT2D eigenvalue weighted by molar-refractivity contribution is -0.124. The van der Waals surface area contributed by atoms with E-state index in [9.17, 15) is 4.79 Å². The molecule has 25 heavy (non-hydrogen) atoms. The van der Waals surface area contributed by atoms with Gasteiger partial charge in [0.05, 0.1) is 4.91 Å². The van der Waals surface area contributed by atoms with Crippen molar-refractivity contribution in [3.05, 3.63) is 47.3 Å². The predicted octanol–water partition coefficient (Wildman–Crippen LogP) is 4.88. The van der Waals surface area contributed by atoms with Gasteiger partial charge in [0, 0.05) is 30.1 Å². The molecule has 4 rings (SSSR count). The zero-order valence-electron chi connectivity index (χ0n) is 13.7. The van der Waals surface area contributed by atoms with Gasteiger partial charge < -0.3 is 4.42 Å². The van der Waals surface area contributed by atoms with Crippen molar-refractivity contribution >= 4 is 40.3 Å². The Kier molecular flexibility index (Phi) is 4.72. The van der Waals surface area contributed by atoms with Gasteiger partial charge in [0.15, 0.2) is 0 Å². The second-order valence-electron chi connectivity index (χ2n) is 6.29. The molecule has 6 heteroatoms. The Hall–Kier alpha value is -1.92. The van der Waals surface area contributed by atoms with Crippen molar-refractivity contribution in [1.29, 1.82) is 0 Å². The summed E-state index contributed by atoms with van der Waals surface area (Å²) in [6.07, 6.45) is 11.0.